The maximum absolute atomic E-state index is 13.3. The number of aromatic nitrogens is 1. The minimum Gasteiger partial charge on any atom is -0.487 e. The lowest BCUT2D eigenvalue weighted by Gasteiger charge is -2.32. The number of aryl methyl sites for hydroxylation is 1. The Morgan fingerprint density at radius 3 is 2.67 bits per heavy atom. The highest BCUT2D eigenvalue weighted by Gasteiger charge is 2.41. The molecular weight excluding hydrogens is 420 g/mol. The zero-order valence-corrected chi connectivity index (χ0v) is 19.1. The normalized spacial score (nSPS) is 16.1. The standard InChI is InChI=1S/C26H28N2O5/c1-17-21(27-23(33-17)18-9-5-4-6-10-18)16-32-20-12-7-11-19(15-20)26(2,3)25(31)28-14-8-13-22(28)24(29)30/h4-7,9-12,15,22H,8,13-14,16H2,1-3H3,(H,29,30). The Bertz CT molecular complexity index is 1150. The number of hydrogen-bond acceptors (Lipinski definition) is 5. The summed E-state index contributed by atoms with van der Waals surface area (Å²) in [5.41, 5.74) is 1.48. The number of hydrogen-bond donors (Lipinski definition) is 1. The first-order valence-electron chi connectivity index (χ1n) is 11.1. The maximum atomic E-state index is 13.3. The number of carboxylic acids is 1. The fourth-order valence-electron chi connectivity index (χ4n) is 4.14. The summed E-state index contributed by atoms with van der Waals surface area (Å²) in [6.07, 6.45) is 1.19. The summed E-state index contributed by atoms with van der Waals surface area (Å²) >= 11 is 0. The van der Waals surface area contributed by atoms with E-state index in [9.17, 15) is 14.7 Å². The molecule has 1 fully saturated rings. The second-order valence-electron chi connectivity index (χ2n) is 8.82. The number of nitrogens with zero attached hydrogens (tertiary/aromatic N) is 2. The highest BCUT2D eigenvalue weighted by atomic mass is 16.5. The van der Waals surface area contributed by atoms with Crippen LogP contribution in [0.5, 0.6) is 5.75 Å². The molecule has 7 heteroatoms. The van der Waals surface area contributed by atoms with E-state index in [2.05, 4.69) is 4.98 Å². The molecule has 1 saturated heterocycles. The van der Waals surface area contributed by atoms with Crippen LogP contribution in [0.3, 0.4) is 0 Å². The molecule has 1 aliphatic rings. The second-order valence-corrected chi connectivity index (χ2v) is 8.82. The minimum absolute atomic E-state index is 0.190. The molecule has 1 amide bonds. The van der Waals surface area contributed by atoms with Crippen molar-refractivity contribution in [2.45, 2.75) is 51.7 Å². The van der Waals surface area contributed by atoms with Crippen LogP contribution >= 0.6 is 0 Å². The van der Waals surface area contributed by atoms with Crippen LogP contribution in [0.25, 0.3) is 11.5 Å². The van der Waals surface area contributed by atoms with Gasteiger partial charge in [-0.1, -0.05) is 30.3 Å². The van der Waals surface area contributed by atoms with Gasteiger partial charge in [0.25, 0.3) is 0 Å². The molecule has 3 aromatic rings. The van der Waals surface area contributed by atoms with Crippen molar-refractivity contribution in [1.82, 2.24) is 9.88 Å². The van der Waals surface area contributed by atoms with Gasteiger partial charge in [-0.2, -0.15) is 0 Å². The quantitative estimate of drug-likeness (QED) is 0.569. The van der Waals surface area contributed by atoms with Crippen LogP contribution in [0, 0.1) is 6.92 Å². The molecule has 1 aromatic heterocycles. The first-order valence-corrected chi connectivity index (χ1v) is 11.1. The second kappa shape index (κ2) is 9.10. The van der Waals surface area contributed by atoms with Crippen molar-refractivity contribution in [2.75, 3.05) is 6.54 Å². The molecule has 0 saturated carbocycles. The summed E-state index contributed by atoms with van der Waals surface area (Å²) < 4.78 is 11.8. The van der Waals surface area contributed by atoms with E-state index in [4.69, 9.17) is 9.15 Å². The molecule has 0 radical (unpaired) electrons. The van der Waals surface area contributed by atoms with Crippen molar-refractivity contribution in [2.24, 2.45) is 0 Å². The number of oxazole rings is 1. The topological polar surface area (TPSA) is 92.9 Å². The van der Waals surface area contributed by atoms with Gasteiger partial charge in [-0.15, -0.1) is 0 Å². The molecule has 0 bridgehead atoms. The van der Waals surface area contributed by atoms with Crippen LogP contribution in [-0.2, 0) is 21.6 Å². The summed E-state index contributed by atoms with van der Waals surface area (Å²) in [5, 5.41) is 9.46. The molecule has 7 nitrogen and oxygen atoms in total. The molecular formula is C26H28N2O5. The van der Waals surface area contributed by atoms with Crippen LogP contribution in [-0.4, -0.2) is 39.5 Å². The Morgan fingerprint density at radius 1 is 1.18 bits per heavy atom. The Hall–Kier alpha value is -3.61. The smallest absolute Gasteiger partial charge is 0.326 e. The van der Waals surface area contributed by atoms with Crippen LogP contribution in [0.2, 0.25) is 0 Å². The number of carboxylic acid groups (broad SMARTS) is 1. The monoisotopic (exact) mass is 448 g/mol. The number of ether oxygens (including phenoxy) is 1. The van der Waals surface area contributed by atoms with E-state index in [1.54, 1.807) is 0 Å². The van der Waals surface area contributed by atoms with E-state index in [1.165, 1.54) is 4.90 Å². The van der Waals surface area contributed by atoms with E-state index >= 15 is 0 Å². The molecule has 172 valence electrons. The van der Waals surface area contributed by atoms with Gasteiger partial charge < -0.3 is 19.2 Å². The third-order valence-corrected chi connectivity index (χ3v) is 6.18. The van der Waals surface area contributed by atoms with Crippen molar-refractivity contribution >= 4 is 11.9 Å². The first-order chi connectivity index (χ1) is 15.8. The van der Waals surface area contributed by atoms with E-state index in [0.29, 0.717) is 42.5 Å². The van der Waals surface area contributed by atoms with Gasteiger partial charge in [0.15, 0.2) is 0 Å². The molecule has 2 heterocycles. The lowest BCUT2D eigenvalue weighted by Crippen LogP contribution is -2.48. The molecule has 1 unspecified atom stereocenters. The number of amides is 1. The SMILES string of the molecule is Cc1oc(-c2ccccc2)nc1COc1cccc(C(C)(C)C(=O)N2CCCC2C(=O)O)c1. The molecule has 4 rings (SSSR count). The molecule has 1 atom stereocenters. The van der Waals surface area contributed by atoms with Crippen LogP contribution in [0.1, 0.15) is 43.7 Å². The predicted octanol–water partition coefficient (Wildman–Crippen LogP) is 4.58. The van der Waals surface area contributed by atoms with E-state index in [0.717, 1.165) is 11.1 Å². The number of rotatable bonds is 7. The zero-order chi connectivity index (χ0) is 23.6. The predicted molar refractivity (Wildman–Crippen MR) is 123 cm³/mol. The third kappa shape index (κ3) is 4.62. The average Bonchev–Trinajstić information content (AvgIpc) is 3.45. The Balaban J connectivity index is 1.49. The van der Waals surface area contributed by atoms with Gasteiger partial charge in [-0.05, 0) is 63.4 Å². The molecule has 0 spiro atoms. The molecule has 2 aromatic carbocycles. The van der Waals surface area contributed by atoms with Crippen LogP contribution in [0.4, 0.5) is 0 Å². The van der Waals surface area contributed by atoms with Gasteiger partial charge in [0, 0.05) is 12.1 Å². The van der Waals surface area contributed by atoms with Crippen LogP contribution in [0.15, 0.2) is 59.0 Å². The number of aliphatic carboxylic acids is 1. The lowest BCUT2D eigenvalue weighted by molar-refractivity contribution is -0.150. The number of likely N-dealkylation sites (tertiary alicyclic amines) is 1. The minimum atomic E-state index is -0.952. The van der Waals surface area contributed by atoms with Crippen molar-refractivity contribution < 1.29 is 23.8 Å². The fourth-order valence-corrected chi connectivity index (χ4v) is 4.14. The van der Waals surface area contributed by atoms with Crippen molar-refractivity contribution in [3.8, 4) is 17.2 Å². The average molecular weight is 449 g/mol. The first kappa shape index (κ1) is 22.6. The summed E-state index contributed by atoms with van der Waals surface area (Å²) in [6, 6.07) is 16.3. The lowest BCUT2D eigenvalue weighted by atomic mass is 9.83. The molecule has 0 aliphatic carbocycles. The van der Waals surface area contributed by atoms with Crippen molar-refractivity contribution in [3.05, 3.63) is 71.6 Å². The van der Waals surface area contributed by atoms with Crippen molar-refractivity contribution in [1.29, 1.82) is 0 Å². The Kier molecular flexibility index (Phi) is 6.22. The highest BCUT2D eigenvalue weighted by Crippen LogP contribution is 2.32. The van der Waals surface area contributed by atoms with Gasteiger partial charge in [-0.25, -0.2) is 9.78 Å². The van der Waals surface area contributed by atoms with E-state index < -0.39 is 17.4 Å². The van der Waals surface area contributed by atoms with Gasteiger partial charge in [0.05, 0.1) is 5.41 Å². The van der Waals surface area contributed by atoms with Gasteiger partial charge in [-0.3, -0.25) is 4.79 Å². The zero-order valence-electron chi connectivity index (χ0n) is 19.1. The van der Waals surface area contributed by atoms with Gasteiger partial charge >= 0.3 is 5.97 Å². The van der Waals surface area contributed by atoms with Crippen molar-refractivity contribution in [3.63, 3.8) is 0 Å². The molecule has 33 heavy (non-hydrogen) atoms. The Morgan fingerprint density at radius 2 is 1.94 bits per heavy atom. The third-order valence-electron chi connectivity index (χ3n) is 6.18. The fraction of sp³-hybridized carbons (Fsp3) is 0.346. The molecule has 1 N–H and O–H groups in total. The summed E-state index contributed by atoms with van der Waals surface area (Å²) in [6.45, 7) is 6.18. The maximum Gasteiger partial charge on any atom is 0.326 e. The van der Waals surface area contributed by atoms with E-state index in [1.807, 2.05) is 75.4 Å². The number of carbonyl (C=O) groups excluding carboxylic acids is 1. The summed E-state index contributed by atoms with van der Waals surface area (Å²) in [5.74, 6) is 0.698. The Labute approximate surface area is 193 Å². The highest BCUT2D eigenvalue weighted by molar-refractivity contribution is 5.91. The molecule has 1 aliphatic heterocycles. The van der Waals surface area contributed by atoms with Gasteiger partial charge in [0.2, 0.25) is 11.8 Å². The summed E-state index contributed by atoms with van der Waals surface area (Å²) in [4.78, 5) is 30.9. The number of carbonyl (C=O) groups is 2. The number of benzene rings is 2. The van der Waals surface area contributed by atoms with Crippen LogP contribution < -0.4 is 4.74 Å². The summed E-state index contributed by atoms with van der Waals surface area (Å²) in [7, 11) is 0. The van der Waals surface area contributed by atoms with Gasteiger partial charge in [0.1, 0.15) is 29.9 Å². The van der Waals surface area contributed by atoms with E-state index in [-0.39, 0.29) is 12.5 Å². The largest absolute Gasteiger partial charge is 0.487 e.